The molecule has 4 heterocycles. The van der Waals surface area contributed by atoms with E-state index in [4.69, 9.17) is 14.2 Å². The summed E-state index contributed by atoms with van der Waals surface area (Å²) in [6.45, 7) is 8.32. The number of aromatic nitrogens is 3. The maximum Gasteiger partial charge on any atom is 0.276 e. The van der Waals surface area contributed by atoms with Gasteiger partial charge >= 0.3 is 0 Å². The molecule has 0 saturated carbocycles. The number of benzene rings is 2. The molecular formula is C43H58N8O6. The summed E-state index contributed by atoms with van der Waals surface area (Å²) in [7, 11) is 4.91. The Morgan fingerprint density at radius 1 is 0.965 bits per heavy atom. The Kier molecular flexibility index (Phi) is 14.6. The van der Waals surface area contributed by atoms with Crippen molar-refractivity contribution >= 4 is 28.4 Å². The summed E-state index contributed by atoms with van der Waals surface area (Å²) >= 11 is 0. The molecule has 6 rings (SSSR count). The van der Waals surface area contributed by atoms with Crippen molar-refractivity contribution in [1.82, 2.24) is 35.6 Å². The number of anilines is 1. The lowest BCUT2D eigenvalue weighted by Gasteiger charge is -2.32. The van der Waals surface area contributed by atoms with E-state index in [-0.39, 0.29) is 36.1 Å². The van der Waals surface area contributed by atoms with Gasteiger partial charge in [0.1, 0.15) is 34.9 Å². The van der Waals surface area contributed by atoms with Crippen molar-refractivity contribution in [3.63, 3.8) is 0 Å². The number of amides is 2. The highest BCUT2D eigenvalue weighted by Gasteiger charge is 2.24. The quantitative estimate of drug-likeness (QED) is 0.0750. The topological polar surface area (TPSA) is 164 Å². The molecule has 1 atom stereocenters. The van der Waals surface area contributed by atoms with Crippen LogP contribution in [0.1, 0.15) is 69.8 Å². The minimum Gasteiger partial charge on any atom is -0.496 e. The number of fused-ring (bicyclic) bond motifs is 1. The number of aromatic amines is 1. The smallest absolute Gasteiger partial charge is 0.276 e. The maximum atomic E-state index is 12.6. The molecule has 14 heteroatoms. The second-order valence-electron chi connectivity index (χ2n) is 15.1. The van der Waals surface area contributed by atoms with E-state index in [1.807, 2.05) is 36.4 Å². The van der Waals surface area contributed by atoms with Gasteiger partial charge in [0.25, 0.3) is 5.56 Å². The molecule has 0 radical (unpaired) electrons. The third kappa shape index (κ3) is 11.2. The largest absolute Gasteiger partial charge is 0.496 e. The van der Waals surface area contributed by atoms with Gasteiger partial charge in [-0.3, -0.25) is 19.5 Å². The number of aryl methyl sites for hydroxylation is 1. The van der Waals surface area contributed by atoms with Crippen LogP contribution in [-0.4, -0.2) is 90.6 Å². The highest BCUT2D eigenvalue weighted by Crippen LogP contribution is 2.37. The number of nitrogens with zero attached hydrogens (tertiary/aromatic N) is 3. The molecule has 5 N–H and O–H groups in total. The number of likely N-dealkylation sites (tertiary alicyclic amines) is 1. The van der Waals surface area contributed by atoms with Crippen LogP contribution in [0.5, 0.6) is 17.2 Å². The minimum atomic E-state index is -0.237. The standard InChI is InChI=1S/C43H58N8O6/c1-29-11-16-37(42(53)47-29)48-31-12-14-32(15-13-31)57-33-17-21-51(22-18-33)20-10-8-6-5-7-9-19-45-40(52)27-44-25-35-38(55-3)23-30(24-39(35)56-4)36-28-50(2)43(54)41-34(36)26-46-49-41/h12-15,23-24,26,28,33,37,44,48H,1,5-11,16-22,25,27H2,2-4H3,(H,45,52)(H,46,49)(H,47,53). The number of nitrogens with one attached hydrogen (secondary N) is 5. The van der Waals surface area contributed by atoms with Crippen molar-refractivity contribution < 1.29 is 23.8 Å². The Bertz CT molecular complexity index is 2010. The van der Waals surface area contributed by atoms with Gasteiger partial charge in [0.2, 0.25) is 11.8 Å². The van der Waals surface area contributed by atoms with Gasteiger partial charge in [-0.05, 0) is 87.0 Å². The molecule has 2 aromatic heterocycles. The molecule has 1 unspecified atom stereocenters. The molecule has 2 fully saturated rings. The number of piperidine rings is 2. The van der Waals surface area contributed by atoms with E-state index < -0.39 is 0 Å². The van der Waals surface area contributed by atoms with Gasteiger partial charge in [0.05, 0.1) is 27.0 Å². The second kappa shape index (κ2) is 20.2. The monoisotopic (exact) mass is 782 g/mol. The molecule has 2 saturated heterocycles. The first kappa shape index (κ1) is 41.3. The van der Waals surface area contributed by atoms with Crippen LogP contribution in [0.2, 0.25) is 0 Å². The molecule has 0 bridgehead atoms. The van der Waals surface area contributed by atoms with Crippen molar-refractivity contribution in [3.05, 3.63) is 77.0 Å². The molecule has 4 aromatic rings. The fraction of sp³-hybridized carbons (Fsp3) is 0.488. The van der Waals surface area contributed by atoms with Gasteiger partial charge in [-0.1, -0.05) is 32.3 Å². The van der Waals surface area contributed by atoms with Gasteiger partial charge < -0.3 is 44.9 Å². The lowest BCUT2D eigenvalue weighted by Crippen LogP contribution is -2.43. The fourth-order valence-electron chi connectivity index (χ4n) is 7.64. The highest BCUT2D eigenvalue weighted by atomic mass is 16.5. The van der Waals surface area contributed by atoms with Crippen LogP contribution in [0.4, 0.5) is 5.69 Å². The van der Waals surface area contributed by atoms with E-state index in [0.29, 0.717) is 30.1 Å². The van der Waals surface area contributed by atoms with Crippen LogP contribution in [-0.2, 0) is 23.2 Å². The highest BCUT2D eigenvalue weighted by molar-refractivity contribution is 5.94. The van der Waals surface area contributed by atoms with E-state index in [9.17, 15) is 14.4 Å². The number of hydrogen-bond acceptors (Lipinski definition) is 10. The number of carbonyl (C=O) groups is 2. The molecule has 0 spiro atoms. The number of methoxy groups -OCH3 is 2. The molecule has 306 valence electrons. The third-order valence-electron chi connectivity index (χ3n) is 10.9. The van der Waals surface area contributed by atoms with E-state index in [1.54, 1.807) is 33.7 Å². The third-order valence-corrected chi connectivity index (χ3v) is 10.9. The second-order valence-corrected chi connectivity index (χ2v) is 15.1. The SMILES string of the molecule is C=C1CCC(Nc2ccc(OC3CCN(CCCCCCCCNC(=O)CNCc4c(OC)cc(-c5cn(C)c(=O)c6[nH]ncc56)cc4OC)CC3)cc2)C(=O)N1. The number of allylic oxidation sites excluding steroid dienone is 1. The maximum absolute atomic E-state index is 12.6. The zero-order valence-corrected chi connectivity index (χ0v) is 33.6. The predicted octanol–water partition coefficient (Wildman–Crippen LogP) is 5.24. The molecule has 2 amide bonds. The van der Waals surface area contributed by atoms with Gasteiger partial charge in [-0.2, -0.15) is 5.10 Å². The molecule has 2 aromatic carbocycles. The summed E-state index contributed by atoms with van der Waals surface area (Å²) in [4.78, 5) is 39.8. The normalized spacial score (nSPS) is 16.4. The molecule has 2 aliphatic heterocycles. The van der Waals surface area contributed by atoms with Crippen LogP contribution < -0.4 is 41.0 Å². The van der Waals surface area contributed by atoms with E-state index in [0.717, 1.165) is 97.4 Å². The van der Waals surface area contributed by atoms with E-state index in [2.05, 4.69) is 42.9 Å². The van der Waals surface area contributed by atoms with Crippen molar-refractivity contribution in [2.45, 2.75) is 82.9 Å². The fourth-order valence-corrected chi connectivity index (χ4v) is 7.64. The van der Waals surface area contributed by atoms with Gasteiger partial charge in [0.15, 0.2) is 0 Å². The van der Waals surface area contributed by atoms with Gasteiger partial charge in [0, 0.05) is 67.3 Å². The molecular weight excluding hydrogens is 725 g/mol. The predicted molar refractivity (Wildman–Crippen MR) is 223 cm³/mol. The van der Waals surface area contributed by atoms with Gasteiger partial charge in [-0.25, -0.2) is 0 Å². The van der Waals surface area contributed by atoms with Crippen LogP contribution in [0.15, 0.2) is 65.9 Å². The number of carbonyl (C=O) groups excluding carboxylic acids is 2. The van der Waals surface area contributed by atoms with Crippen molar-refractivity contribution in [3.8, 4) is 28.4 Å². The Hall–Kier alpha value is -5.34. The van der Waals surface area contributed by atoms with E-state index >= 15 is 0 Å². The number of hydrogen-bond donors (Lipinski definition) is 5. The number of rotatable bonds is 20. The summed E-state index contributed by atoms with van der Waals surface area (Å²) in [6.07, 6.45) is 14.1. The Labute approximate surface area is 334 Å². The number of ether oxygens (including phenoxy) is 3. The molecule has 0 aliphatic carbocycles. The lowest BCUT2D eigenvalue weighted by atomic mass is 10.0. The summed E-state index contributed by atoms with van der Waals surface area (Å²) in [5, 5.41) is 20.0. The van der Waals surface area contributed by atoms with Crippen LogP contribution in [0, 0.1) is 0 Å². The summed E-state index contributed by atoms with van der Waals surface area (Å²) in [5.74, 6) is 2.03. The van der Waals surface area contributed by atoms with Crippen molar-refractivity contribution in [2.75, 3.05) is 52.3 Å². The Balaban J connectivity index is 0.800. The first-order chi connectivity index (χ1) is 27.7. The number of unbranched alkanes of at least 4 members (excludes halogenated alkanes) is 5. The minimum absolute atomic E-state index is 0.0265. The van der Waals surface area contributed by atoms with Crippen LogP contribution >= 0.6 is 0 Å². The number of pyridine rings is 1. The average Bonchev–Trinajstić information content (AvgIpc) is 3.71. The van der Waals surface area contributed by atoms with Crippen LogP contribution in [0.3, 0.4) is 0 Å². The summed E-state index contributed by atoms with van der Waals surface area (Å²) in [6, 6.07) is 11.5. The zero-order valence-electron chi connectivity index (χ0n) is 33.6. The average molecular weight is 783 g/mol. The summed E-state index contributed by atoms with van der Waals surface area (Å²) < 4.78 is 19.3. The Morgan fingerprint density at radius 2 is 1.67 bits per heavy atom. The van der Waals surface area contributed by atoms with Crippen LogP contribution in [0.25, 0.3) is 22.0 Å². The first-order valence-electron chi connectivity index (χ1n) is 20.2. The Morgan fingerprint density at radius 3 is 2.37 bits per heavy atom. The van der Waals surface area contributed by atoms with Crippen molar-refractivity contribution in [1.29, 1.82) is 0 Å². The van der Waals surface area contributed by atoms with E-state index in [1.165, 1.54) is 30.3 Å². The van der Waals surface area contributed by atoms with Crippen molar-refractivity contribution in [2.24, 2.45) is 7.05 Å². The lowest BCUT2D eigenvalue weighted by molar-refractivity contribution is -0.122. The molecule has 14 nitrogen and oxygen atoms in total. The molecule has 2 aliphatic rings. The summed E-state index contributed by atoms with van der Waals surface area (Å²) in [5.41, 5.74) is 4.43. The molecule has 57 heavy (non-hydrogen) atoms. The van der Waals surface area contributed by atoms with Gasteiger partial charge in [-0.15, -0.1) is 0 Å². The zero-order chi connectivity index (χ0) is 40.1. The number of H-pyrrole nitrogens is 1. The first-order valence-corrected chi connectivity index (χ1v) is 20.2.